The van der Waals surface area contributed by atoms with E-state index in [0.717, 1.165) is 5.56 Å². The zero-order valence-corrected chi connectivity index (χ0v) is 11.4. The van der Waals surface area contributed by atoms with Gasteiger partial charge in [0.1, 0.15) is 17.8 Å². The van der Waals surface area contributed by atoms with Gasteiger partial charge in [-0.1, -0.05) is 30.3 Å². The molecule has 0 amide bonds. The van der Waals surface area contributed by atoms with Crippen molar-refractivity contribution >= 4 is 0 Å². The average Bonchev–Trinajstić information content (AvgIpc) is 3.01. The van der Waals surface area contributed by atoms with E-state index in [4.69, 9.17) is 18.9 Å². The summed E-state index contributed by atoms with van der Waals surface area (Å²) in [6.07, 6.45) is -0.0651. The molecule has 2 fully saturated rings. The number of fused-ring (bicyclic) bond motifs is 2. The van der Waals surface area contributed by atoms with Crippen LogP contribution in [0.3, 0.4) is 0 Å². The third kappa shape index (κ3) is 2.19. The molecule has 1 aromatic carbocycles. The van der Waals surface area contributed by atoms with Crippen molar-refractivity contribution in [3.63, 3.8) is 0 Å². The van der Waals surface area contributed by atoms with Gasteiger partial charge in [-0.15, -0.1) is 0 Å². The SMILES string of the molecule is COC(C)[C@@]12CO[C@@H](CO1)[C@@H]2OCc1ccccc1. The fraction of sp³-hybridized carbons (Fsp3) is 0.600. The molecule has 0 spiro atoms. The van der Waals surface area contributed by atoms with Crippen molar-refractivity contribution in [2.75, 3.05) is 20.3 Å². The fourth-order valence-corrected chi connectivity index (χ4v) is 2.89. The largest absolute Gasteiger partial charge is 0.379 e. The van der Waals surface area contributed by atoms with Crippen LogP contribution in [0, 0.1) is 0 Å². The molecule has 2 heterocycles. The second kappa shape index (κ2) is 5.21. The monoisotopic (exact) mass is 264 g/mol. The van der Waals surface area contributed by atoms with Gasteiger partial charge in [0, 0.05) is 7.11 Å². The molecular weight excluding hydrogens is 244 g/mol. The number of benzene rings is 1. The average molecular weight is 264 g/mol. The lowest BCUT2D eigenvalue weighted by Gasteiger charge is -2.34. The molecule has 3 rings (SSSR count). The van der Waals surface area contributed by atoms with Crippen LogP contribution in [0.2, 0.25) is 0 Å². The fourth-order valence-electron chi connectivity index (χ4n) is 2.89. The van der Waals surface area contributed by atoms with E-state index in [1.807, 2.05) is 25.1 Å². The van der Waals surface area contributed by atoms with Crippen molar-refractivity contribution in [1.29, 1.82) is 0 Å². The van der Waals surface area contributed by atoms with E-state index in [1.165, 1.54) is 0 Å². The van der Waals surface area contributed by atoms with Crippen LogP contribution >= 0.6 is 0 Å². The van der Waals surface area contributed by atoms with Crippen LogP contribution in [0.1, 0.15) is 12.5 Å². The Hall–Kier alpha value is -0.940. The number of hydrogen-bond donors (Lipinski definition) is 0. The van der Waals surface area contributed by atoms with Gasteiger partial charge in [-0.3, -0.25) is 0 Å². The van der Waals surface area contributed by atoms with Gasteiger partial charge in [-0.25, -0.2) is 0 Å². The van der Waals surface area contributed by atoms with Crippen LogP contribution in [-0.4, -0.2) is 44.2 Å². The molecule has 4 nitrogen and oxygen atoms in total. The Morgan fingerprint density at radius 2 is 2.16 bits per heavy atom. The smallest absolute Gasteiger partial charge is 0.146 e. The molecule has 2 saturated heterocycles. The lowest BCUT2D eigenvalue weighted by atomic mass is 9.93. The molecule has 1 unspecified atom stereocenters. The highest BCUT2D eigenvalue weighted by molar-refractivity contribution is 5.14. The number of rotatable bonds is 5. The van der Waals surface area contributed by atoms with Crippen molar-refractivity contribution < 1.29 is 18.9 Å². The molecule has 0 saturated carbocycles. The maximum Gasteiger partial charge on any atom is 0.146 e. The second-order valence-corrected chi connectivity index (χ2v) is 5.21. The van der Waals surface area contributed by atoms with E-state index in [1.54, 1.807) is 7.11 Å². The molecule has 0 aliphatic carbocycles. The summed E-state index contributed by atoms with van der Waals surface area (Å²) in [5, 5.41) is 0. The van der Waals surface area contributed by atoms with Gasteiger partial charge < -0.3 is 18.9 Å². The third-order valence-electron chi connectivity index (χ3n) is 4.17. The highest BCUT2D eigenvalue weighted by atomic mass is 16.7. The van der Waals surface area contributed by atoms with Gasteiger partial charge in [-0.05, 0) is 12.5 Å². The van der Waals surface area contributed by atoms with E-state index in [0.29, 0.717) is 19.8 Å². The van der Waals surface area contributed by atoms with Gasteiger partial charge in [-0.2, -0.15) is 0 Å². The molecule has 0 radical (unpaired) electrons. The topological polar surface area (TPSA) is 36.9 Å². The molecule has 4 heteroatoms. The van der Waals surface area contributed by atoms with Gasteiger partial charge in [0.15, 0.2) is 0 Å². The van der Waals surface area contributed by atoms with Crippen LogP contribution in [0.5, 0.6) is 0 Å². The lowest BCUT2D eigenvalue weighted by molar-refractivity contribution is -0.166. The van der Waals surface area contributed by atoms with Crippen LogP contribution in [0.4, 0.5) is 0 Å². The predicted molar refractivity (Wildman–Crippen MR) is 69.9 cm³/mol. The van der Waals surface area contributed by atoms with Crippen LogP contribution in [-0.2, 0) is 25.6 Å². The maximum absolute atomic E-state index is 6.07. The van der Waals surface area contributed by atoms with E-state index >= 15 is 0 Å². The Bertz CT molecular complexity index is 411. The van der Waals surface area contributed by atoms with E-state index in [9.17, 15) is 0 Å². The summed E-state index contributed by atoms with van der Waals surface area (Å²) in [5.41, 5.74) is 0.711. The Balaban J connectivity index is 1.70. The maximum atomic E-state index is 6.07. The Morgan fingerprint density at radius 3 is 2.79 bits per heavy atom. The third-order valence-corrected chi connectivity index (χ3v) is 4.17. The second-order valence-electron chi connectivity index (χ2n) is 5.21. The molecule has 4 atom stereocenters. The van der Waals surface area contributed by atoms with Crippen molar-refractivity contribution in [3.8, 4) is 0 Å². The summed E-state index contributed by atoms with van der Waals surface area (Å²) in [4.78, 5) is 0. The van der Waals surface area contributed by atoms with Gasteiger partial charge in [0.05, 0.1) is 25.9 Å². The van der Waals surface area contributed by atoms with Gasteiger partial charge in [0.25, 0.3) is 0 Å². The first-order valence-electron chi connectivity index (χ1n) is 6.70. The molecule has 2 aliphatic rings. The first-order chi connectivity index (χ1) is 9.26. The van der Waals surface area contributed by atoms with Crippen LogP contribution in [0.25, 0.3) is 0 Å². The zero-order chi connectivity index (χ0) is 13.3. The van der Waals surface area contributed by atoms with Crippen molar-refractivity contribution in [2.24, 2.45) is 0 Å². The van der Waals surface area contributed by atoms with Crippen LogP contribution < -0.4 is 0 Å². The van der Waals surface area contributed by atoms with E-state index in [-0.39, 0.29) is 18.3 Å². The Kier molecular flexibility index (Phi) is 3.58. The minimum absolute atomic E-state index is 0.0290. The summed E-state index contributed by atoms with van der Waals surface area (Å²) in [7, 11) is 1.70. The van der Waals surface area contributed by atoms with Crippen molar-refractivity contribution in [3.05, 3.63) is 35.9 Å². The number of hydrogen-bond acceptors (Lipinski definition) is 4. The standard InChI is InChI=1S/C15H20O4/c1-11(16-2)15-10-18-13(9-19-15)14(15)17-8-12-6-4-3-5-7-12/h3-7,11,13-14H,8-10H2,1-2H3/t11?,13-,14-,15+/m0/s1. The van der Waals surface area contributed by atoms with Crippen LogP contribution in [0.15, 0.2) is 30.3 Å². The summed E-state index contributed by atoms with van der Waals surface area (Å²) >= 11 is 0. The Morgan fingerprint density at radius 1 is 1.37 bits per heavy atom. The van der Waals surface area contributed by atoms with Gasteiger partial charge >= 0.3 is 0 Å². The predicted octanol–water partition coefficient (Wildman–Crippen LogP) is 1.77. The molecule has 1 aromatic rings. The summed E-state index contributed by atoms with van der Waals surface area (Å²) < 4.78 is 23.2. The minimum atomic E-state index is -0.450. The number of methoxy groups -OCH3 is 1. The van der Waals surface area contributed by atoms with E-state index < -0.39 is 5.60 Å². The van der Waals surface area contributed by atoms with E-state index in [2.05, 4.69) is 12.1 Å². The highest BCUT2D eigenvalue weighted by Crippen LogP contribution is 2.41. The normalized spacial score (nSPS) is 34.6. The van der Waals surface area contributed by atoms with Crippen molar-refractivity contribution in [1.82, 2.24) is 0 Å². The van der Waals surface area contributed by atoms with Crippen molar-refractivity contribution in [2.45, 2.75) is 37.4 Å². The number of ether oxygens (including phenoxy) is 4. The summed E-state index contributed by atoms with van der Waals surface area (Å²) in [6.45, 7) is 3.72. The lowest BCUT2D eigenvalue weighted by Crippen LogP contribution is -2.51. The first-order valence-corrected chi connectivity index (χ1v) is 6.70. The zero-order valence-electron chi connectivity index (χ0n) is 11.4. The molecule has 0 aromatic heterocycles. The molecule has 2 aliphatic heterocycles. The molecule has 2 bridgehead atoms. The molecule has 19 heavy (non-hydrogen) atoms. The summed E-state index contributed by atoms with van der Waals surface area (Å²) in [5.74, 6) is 0. The Labute approximate surface area is 113 Å². The first kappa shape index (κ1) is 13.1. The molecular formula is C15H20O4. The highest BCUT2D eigenvalue weighted by Gasteiger charge is 2.60. The van der Waals surface area contributed by atoms with Gasteiger partial charge in [0.2, 0.25) is 0 Å². The molecule has 104 valence electrons. The quantitative estimate of drug-likeness (QED) is 0.812. The summed E-state index contributed by atoms with van der Waals surface area (Å²) in [6, 6.07) is 10.2. The molecule has 0 N–H and O–H groups in total. The minimum Gasteiger partial charge on any atom is -0.379 e.